The Bertz CT molecular complexity index is 398. The average molecular weight is 278 g/mol. The van der Waals surface area contributed by atoms with Crippen molar-refractivity contribution in [3.05, 3.63) is 29.8 Å². The van der Waals surface area contributed by atoms with E-state index in [2.05, 4.69) is 57.1 Å². The molecule has 0 fully saturated rings. The zero-order valence-corrected chi connectivity index (χ0v) is 13.9. The van der Waals surface area contributed by atoms with E-state index < -0.39 is 0 Å². The SMILES string of the molecule is COc1ccccc1CN(C)CC(C)CNC(C)(C)C. The number of rotatable bonds is 7. The fourth-order valence-corrected chi connectivity index (χ4v) is 2.27. The summed E-state index contributed by atoms with van der Waals surface area (Å²) >= 11 is 0. The van der Waals surface area contributed by atoms with Crippen LogP contribution in [0.2, 0.25) is 0 Å². The topological polar surface area (TPSA) is 24.5 Å². The Morgan fingerprint density at radius 2 is 1.90 bits per heavy atom. The van der Waals surface area contributed by atoms with Crippen molar-refractivity contribution in [3.8, 4) is 5.75 Å². The van der Waals surface area contributed by atoms with E-state index in [0.717, 1.165) is 25.4 Å². The summed E-state index contributed by atoms with van der Waals surface area (Å²) in [6.45, 7) is 11.9. The monoisotopic (exact) mass is 278 g/mol. The van der Waals surface area contributed by atoms with E-state index in [9.17, 15) is 0 Å². The van der Waals surface area contributed by atoms with E-state index in [1.807, 2.05) is 12.1 Å². The number of hydrogen-bond donors (Lipinski definition) is 1. The zero-order valence-electron chi connectivity index (χ0n) is 13.9. The number of ether oxygens (including phenoxy) is 1. The van der Waals surface area contributed by atoms with Crippen molar-refractivity contribution in [2.75, 3.05) is 27.2 Å². The van der Waals surface area contributed by atoms with Gasteiger partial charge in [-0.15, -0.1) is 0 Å². The molecule has 1 unspecified atom stereocenters. The van der Waals surface area contributed by atoms with Gasteiger partial charge < -0.3 is 15.0 Å². The van der Waals surface area contributed by atoms with Crippen molar-refractivity contribution in [2.24, 2.45) is 5.92 Å². The molecule has 0 aliphatic carbocycles. The summed E-state index contributed by atoms with van der Waals surface area (Å²) in [7, 11) is 3.90. The van der Waals surface area contributed by atoms with Crippen molar-refractivity contribution in [1.82, 2.24) is 10.2 Å². The minimum Gasteiger partial charge on any atom is -0.496 e. The highest BCUT2D eigenvalue weighted by molar-refractivity contribution is 5.32. The molecule has 0 aromatic heterocycles. The van der Waals surface area contributed by atoms with E-state index in [0.29, 0.717) is 5.92 Å². The summed E-state index contributed by atoms with van der Waals surface area (Å²) in [5, 5.41) is 3.56. The Morgan fingerprint density at radius 1 is 1.25 bits per heavy atom. The van der Waals surface area contributed by atoms with Gasteiger partial charge in [-0.25, -0.2) is 0 Å². The van der Waals surface area contributed by atoms with Crippen LogP contribution in [0.3, 0.4) is 0 Å². The third-order valence-corrected chi connectivity index (χ3v) is 3.24. The summed E-state index contributed by atoms with van der Waals surface area (Å²) in [6.07, 6.45) is 0. The van der Waals surface area contributed by atoms with Crippen molar-refractivity contribution in [3.63, 3.8) is 0 Å². The summed E-state index contributed by atoms with van der Waals surface area (Å²) in [5.41, 5.74) is 1.43. The van der Waals surface area contributed by atoms with Gasteiger partial charge in [-0.05, 0) is 46.3 Å². The second-order valence-corrected chi connectivity index (χ2v) is 6.74. The first-order valence-corrected chi connectivity index (χ1v) is 7.37. The van der Waals surface area contributed by atoms with Gasteiger partial charge in [0.15, 0.2) is 0 Å². The van der Waals surface area contributed by atoms with Crippen LogP contribution < -0.4 is 10.1 Å². The summed E-state index contributed by atoms with van der Waals surface area (Å²) < 4.78 is 5.40. The number of nitrogens with one attached hydrogen (secondary N) is 1. The van der Waals surface area contributed by atoms with Gasteiger partial charge in [-0.1, -0.05) is 25.1 Å². The molecule has 1 aromatic carbocycles. The van der Waals surface area contributed by atoms with Crippen LogP contribution in [0.1, 0.15) is 33.3 Å². The molecule has 0 radical (unpaired) electrons. The molecule has 0 aliphatic rings. The van der Waals surface area contributed by atoms with Gasteiger partial charge >= 0.3 is 0 Å². The largest absolute Gasteiger partial charge is 0.496 e. The highest BCUT2D eigenvalue weighted by Crippen LogP contribution is 2.19. The van der Waals surface area contributed by atoms with Crippen LogP contribution in [0, 0.1) is 5.92 Å². The molecule has 0 amide bonds. The predicted molar refractivity (Wildman–Crippen MR) is 86.2 cm³/mol. The molecule has 3 heteroatoms. The molecule has 1 atom stereocenters. The molecule has 1 aromatic rings. The Hall–Kier alpha value is -1.06. The van der Waals surface area contributed by atoms with Gasteiger partial charge in [0.05, 0.1) is 7.11 Å². The predicted octanol–water partition coefficient (Wildman–Crippen LogP) is 3.15. The first-order chi connectivity index (χ1) is 9.31. The maximum Gasteiger partial charge on any atom is 0.123 e. The highest BCUT2D eigenvalue weighted by atomic mass is 16.5. The molecule has 0 bridgehead atoms. The van der Waals surface area contributed by atoms with E-state index >= 15 is 0 Å². The average Bonchev–Trinajstić information content (AvgIpc) is 2.36. The quantitative estimate of drug-likeness (QED) is 0.829. The molecule has 3 nitrogen and oxygen atoms in total. The van der Waals surface area contributed by atoms with Gasteiger partial charge in [0.1, 0.15) is 5.75 Å². The van der Waals surface area contributed by atoms with E-state index in [4.69, 9.17) is 4.74 Å². The van der Waals surface area contributed by atoms with Crippen molar-refractivity contribution in [1.29, 1.82) is 0 Å². The third kappa shape index (κ3) is 6.40. The lowest BCUT2D eigenvalue weighted by atomic mass is 10.1. The Balaban J connectivity index is 2.45. The Morgan fingerprint density at radius 3 is 2.50 bits per heavy atom. The van der Waals surface area contributed by atoms with E-state index in [1.54, 1.807) is 7.11 Å². The molecule has 0 saturated carbocycles. The van der Waals surface area contributed by atoms with Gasteiger partial charge in [0.2, 0.25) is 0 Å². The summed E-state index contributed by atoms with van der Waals surface area (Å²) in [6, 6.07) is 8.23. The maximum atomic E-state index is 5.40. The molecule has 20 heavy (non-hydrogen) atoms. The molecule has 0 spiro atoms. The molecule has 114 valence electrons. The van der Waals surface area contributed by atoms with Crippen LogP contribution in [0.4, 0.5) is 0 Å². The van der Waals surface area contributed by atoms with Gasteiger partial charge in [0, 0.05) is 24.2 Å². The summed E-state index contributed by atoms with van der Waals surface area (Å²) in [4.78, 5) is 2.35. The fraction of sp³-hybridized carbons (Fsp3) is 0.647. The number of hydrogen-bond acceptors (Lipinski definition) is 3. The number of methoxy groups -OCH3 is 1. The van der Waals surface area contributed by atoms with Crippen LogP contribution in [0.5, 0.6) is 5.75 Å². The minimum atomic E-state index is 0.190. The Kier molecular flexibility index (Phi) is 6.50. The molecule has 1 rings (SSSR count). The number of nitrogens with zero attached hydrogens (tertiary/aromatic N) is 1. The number of para-hydroxylation sites is 1. The molecular formula is C17H30N2O. The van der Waals surface area contributed by atoms with Crippen LogP contribution in [0.15, 0.2) is 24.3 Å². The molecule has 0 heterocycles. The maximum absolute atomic E-state index is 5.40. The molecule has 1 N–H and O–H groups in total. The summed E-state index contributed by atoms with van der Waals surface area (Å²) in [5.74, 6) is 1.59. The minimum absolute atomic E-state index is 0.190. The second kappa shape index (κ2) is 7.65. The third-order valence-electron chi connectivity index (χ3n) is 3.24. The van der Waals surface area contributed by atoms with Gasteiger partial charge in [-0.3, -0.25) is 0 Å². The normalized spacial score (nSPS) is 13.6. The lowest BCUT2D eigenvalue weighted by Gasteiger charge is -2.26. The van der Waals surface area contributed by atoms with Gasteiger partial charge in [-0.2, -0.15) is 0 Å². The standard InChI is InChI=1S/C17H30N2O/c1-14(11-18-17(2,3)4)12-19(5)13-15-9-7-8-10-16(15)20-6/h7-10,14,18H,11-13H2,1-6H3. The smallest absolute Gasteiger partial charge is 0.123 e. The highest BCUT2D eigenvalue weighted by Gasteiger charge is 2.13. The van der Waals surface area contributed by atoms with Crippen molar-refractivity contribution in [2.45, 2.75) is 39.8 Å². The van der Waals surface area contributed by atoms with Crippen molar-refractivity contribution < 1.29 is 4.74 Å². The van der Waals surface area contributed by atoms with Crippen LogP contribution in [0.25, 0.3) is 0 Å². The van der Waals surface area contributed by atoms with E-state index in [1.165, 1.54) is 5.56 Å². The van der Waals surface area contributed by atoms with Crippen LogP contribution >= 0.6 is 0 Å². The molecular weight excluding hydrogens is 248 g/mol. The number of benzene rings is 1. The first-order valence-electron chi connectivity index (χ1n) is 7.37. The Labute approximate surface area is 124 Å². The lowest BCUT2D eigenvalue weighted by molar-refractivity contribution is 0.258. The van der Waals surface area contributed by atoms with Crippen LogP contribution in [-0.4, -0.2) is 37.7 Å². The van der Waals surface area contributed by atoms with Crippen molar-refractivity contribution >= 4 is 0 Å². The molecule has 0 aliphatic heterocycles. The second-order valence-electron chi connectivity index (χ2n) is 6.74. The lowest BCUT2D eigenvalue weighted by Crippen LogP contribution is -2.40. The van der Waals surface area contributed by atoms with E-state index in [-0.39, 0.29) is 5.54 Å². The zero-order chi connectivity index (χ0) is 15.2. The van der Waals surface area contributed by atoms with Crippen LogP contribution in [-0.2, 0) is 6.54 Å². The first kappa shape index (κ1) is 17.0. The molecule has 0 saturated heterocycles. The van der Waals surface area contributed by atoms with Gasteiger partial charge in [0.25, 0.3) is 0 Å². The fourth-order valence-electron chi connectivity index (χ4n) is 2.27.